The van der Waals surface area contributed by atoms with Crippen molar-refractivity contribution in [1.29, 1.82) is 5.26 Å². The third-order valence-electron chi connectivity index (χ3n) is 8.56. The van der Waals surface area contributed by atoms with Gasteiger partial charge in [-0.25, -0.2) is 14.8 Å². The highest BCUT2D eigenvalue weighted by Gasteiger charge is 2.37. The van der Waals surface area contributed by atoms with Crippen LogP contribution in [0.1, 0.15) is 16.7 Å². The second kappa shape index (κ2) is 10.2. The van der Waals surface area contributed by atoms with Gasteiger partial charge in [0.25, 0.3) is 16.8 Å². The number of thioether (sulfide) groups is 4. The number of hydrogen-bond donors (Lipinski definition) is 2. The number of fused-ring (bicyclic) bond motifs is 8. The molecule has 230 valence electrons. The van der Waals surface area contributed by atoms with Crippen molar-refractivity contribution >= 4 is 94.6 Å². The van der Waals surface area contributed by atoms with Crippen molar-refractivity contribution < 1.29 is 10.2 Å². The van der Waals surface area contributed by atoms with E-state index in [1.54, 1.807) is 38.1 Å². The molecule has 6 heterocycles. The molecule has 0 radical (unpaired) electrons. The van der Waals surface area contributed by atoms with E-state index in [0.717, 1.165) is 0 Å². The zero-order valence-corrected chi connectivity index (χ0v) is 27.9. The van der Waals surface area contributed by atoms with Crippen LogP contribution >= 0.6 is 47.0 Å². The van der Waals surface area contributed by atoms with E-state index in [1.165, 1.54) is 55.8 Å². The fourth-order valence-electron chi connectivity index (χ4n) is 6.30. The van der Waals surface area contributed by atoms with Crippen molar-refractivity contribution in [3.05, 3.63) is 108 Å². The first-order valence-corrected chi connectivity index (χ1v) is 17.6. The summed E-state index contributed by atoms with van der Waals surface area (Å²) in [5.41, 5.74) is 3.26. The van der Waals surface area contributed by atoms with E-state index in [-0.39, 0.29) is 22.7 Å². The van der Waals surface area contributed by atoms with Crippen molar-refractivity contribution in [2.45, 2.75) is 33.4 Å². The second-order valence-corrected chi connectivity index (χ2v) is 15.7. The van der Waals surface area contributed by atoms with E-state index in [9.17, 15) is 25.1 Å². The van der Waals surface area contributed by atoms with E-state index in [1.807, 2.05) is 24.3 Å². The lowest BCUT2D eigenvalue weighted by Gasteiger charge is -2.08. The summed E-state index contributed by atoms with van der Waals surface area (Å²) < 4.78 is 4.25. The van der Waals surface area contributed by atoms with Crippen LogP contribution < -0.4 is 21.6 Å². The number of pyridine rings is 2. The van der Waals surface area contributed by atoms with Gasteiger partial charge in [0, 0.05) is 10.4 Å². The summed E-state index contributed by atoms with van der Waals surface area (Å²) in [6, 6.07) is 16.5. The molecule has 0 unspecified atom stereocenters. The van der Waals surface area contributed by atoms with Crippen molar-refractivity contribution in [2.75, 3.05) is 0 Å². The van der Waals surface area contributed by atoms with Crippen LogP contribution in [0.15, 0.2) is 77.7 Å². The summed E-state index contributed by atoms with van der Waals surface area (Å²) in [7, 11) is 0. The van der Waals surface area contributed by atoms with E-state index < -0.39 is 11.1 Å². The lowest BCUT2D eigenvalue weighted by Crippen LogP contribution is -2.26. The molecule has 0 saturated heterocycles. The maximum absolute atomic E-state index is 13.4. The molecule has 4 aromatic heterocycles. The van der Waals surface area contributed by atoms with Crippen molar-refractivity contribution in [3.63, 3.8) is 0 Å². The van der Waals surface area contributed by atoms with Crippen LogP contribution in [-0.4, -0.2) is 29.0 Å². The number of rotatable bonds is 0. The Kier molecular flexibility index (Phi) is 6.17. The normalized spacial score (nSPS) is 13.9. The number of nitrogens with zero attached hydrogens (tertiary/aromatic N) is 6. The van der Waals surface area contributed by atoms with Gasteiger partial charge in [-0.3, -0.25) is 18.4 Å². The smallest absolute Gasteiger partial charge is 0.275 e. The first kappa shape index (κ1) is 29.1. The molecule has 2 aliphatic rings. The maximum Gasteiger partial charge on any atom is 0.275 e. The van der Waals surface area contributed by atoms with Crippen LogP contribution in [-0.2, 0) is 0 Å². The minimum atomic E-state index is -0.449. The first-order valence-electron chi connectivity index (χ1n) is 14.3. The Hall–Kier alpha value is -5.12. The molecule has 0 amide bonds. The lowest BCUT2D eigenvalue weighted by atomic mass is 10.1. The molecule has 0 spiro atoms. The molecule has 0 fully saturated rings. The van der Waals surface area contributed by atoms with E-state index in [0.29, 0.717) is 83.0 Å². The zero-order valence-electron chi connectivity index (χ0n) is 24.6. The summed E-state index contributed by atoms with van der Waals surface area (Å²) in [5.74, 6) is -0.0390. The van der Waals surface area contributed by atoms with Crippen molar-refractivity contribution in [1.82, 2.24) is 18.8 Å². The molecule has 10 nitrogen and oxygen atoms in total. The van der Waals surface area contributed by atoms with Gasteiger partial charge in [0.1, 0.15) is 34.4 Å². The van der Waals surface area contributed by atoms with Gasteiger partial charge in [0.15, 0.2) is 0 Å². The minimum Gasteiger partial charge on any atom is -0.505 e. The molecule has 9 rings (SSSR count). The Morgan fingerprint density at radius 2 is 1.17 bits per heavy atom. The topological polar surface area (TPSA) is 137 Å². The average Bonchev–Trinajstić information content (AvgIpc) is 3.87. The Labute approximate surface area is 286 Å². The van der Waals surface area contributed by atoms with Crippen LogP contribution in [0.3, 0.4) is 0 Å². The number of para-hydroxylation sites is 4. The number of phenols is 2. The van der Waals surface area contributed by atoms with Gasteiger partial charge in [-0.2, -0.15) is 5.26 Å². The van der Waals surface area contributed by atoms with Gasteiger partial charge in [-0.1, -0.05) is 71.3 Å². The summed E-state index contributed by atoms with van der Waals surface area (Å²) >= 11 is 5.00. The lowest BCUT2D eigenvalue weighted by molar-refractivity contribution is 0.411. The number of phenolic OH excluding ortho intramolecular Hbond substituents is 2. The van der Waals surface area contributed by atoms with Gasteiger partial charge in [-0.15, -0.1) is 0 Å². The predicted molar refractivity (Wildman–Crippen MR) is 189 cm³/mol. The fraction of sp³-hybridized carbons (Fsp3) is 0.0588. The number of aromatic hydroxyl groups is 2. The molecule has 0 atom stereocenters. The Balaban J connectivity index is 1.27. The summed E-state index contributed by atoms with van der Waals surface area (Å²) in [5, 5.41) is 34.6. The van der Waals surface area contributed by atoms with Gasteiger partial charge < -0.3 is 10.2 Å². The monoisotopic (exact) mass is 700 g/mol. The van der Waals surface area contributed by atoms with E-state index in [4.69, 9.17) is 16.5 Å². The molecule has 0 bridgehead atoms. The van der Waals surface area contributed by atoms with E-state index >= 15 is 0 Å². The highest BCUT2D eigenvalue weighted by atomic mass is 32.2. The number of imidazole rings is 2. The van der Waals surface area contributed by atoms with Crippen LogP contribution in [0.2, 0.25) is 0 Å². The summed E-state index contributed by atoms with van der Waals surface area (Å²) in [6.45, 7) is 11.2. The molecule has 2 aliphatic heterocycles. The SMILES string of the molecule is [C-]#[N+]c1c(C)c(=C2Sc3c(O)c4c(c(O)c3S2)SC(=c2c(C)c(C#N)c(=O)n3c2nc2ccccc23)S4)c2nc3ccccc3n2c1=O. The van der Waals surface area contributed by atoms with Gasteiger partial charge in [-0.05, 0) is 49.2 Å². The first-order chi connectivity index (χ1) is 23.2. The third-order valence-corrected chi connectivity index (χ3v) is 13.8. The second-order valence-electron chi connectivity index (χ2n) is 11.1. The van der Waals surface area contributed by atoms with Crippen LogP contribution in [0.5, 0.6) is 11.5 Å². The summed E-state index contributed by atoms with van der Waals surface area (Å²) in [6.07, 6.45) is 0. The van der Waals surface area contributed by atoms with Crippen LogP contribution in [0, 0.1) is 31.8 Å². The molecular formula is C34H16N6O4S4. The molecule has 7 aromatic rings. The quantitative estimate of drug-likeness (QED) is 0.146. The zero-order chi connectivity index (χ0) is 33.2. The standard InChI is InChI=1S/C34H16N6O4S4/c1-13-15(12-35)31(43)39-18-10-6-4-8-16(18)37-29(39)20(13)33-45-25-23(41)27-28(24(42)26(25)46-33)48-34(47-27)21-14(2)22(36-3)32(44)40-19-11-7-5-9-17(19)38-30(21)40/h4-11,41-42H,1-2H3. The number of nitriles is 1. The molecule has 0 saturated carbocycles. The molecular weight excluding hydrogens is 685 g/mol. The molecule has 2 N–H and O–H groups in total. The fourth-order valence-corrected chi connectivity index (χ4v) is 11.9. The van der Waals surface area contributed by atoms with Crippen molar-refractivity contribution in [2.24, 2.45) is 0 Å². The molecule has 0 aliphatic carbocycles. The number of aromatic nitrogens is 4. The van der Waals surface area contributed by atoms with Gasteiger partial charge >= 0.3 is 0 Å². The molecule has 14 heteroatoms. The predicted octanol–water partition coefficient (Wildman–Crippen LogP) is 5.82. The van der Waals surface area contributed by atoms with Crippen LogP contribution in [0.4, 0.5) is 5.69 Å². The number of hydrogen-bond acceptors (Lipinski definition) is 11. The van der Waals surface area contributed by atoms with Crippen LogP contribution in [0.25, 0.3) is 46.7 Å². The highest BCUT2D eigenvalue weighted by Crippen LogP contribution is 2.67. The largest absolute Gasteiger partial charge is 0.505 e. The number of benzene rings is 3. The summed E-state index contributed by atoms with van der Waals surface area (Å²) in [4.78, 5) is 41.7. The Morgan fingerprint density at radius 3 is 1.62 bits per heavy atom. The minimum absolute atomic E-state index is 0.00261. The van der Waals surface area contributed by atoms with Gasteiger partial charge in [0.2, 0.25) is 0 Å². The van der Waals surface area contributed by atoms with E-state index in [2.05, 4.69) is 10.9 Å². The Morgan fingerprint density at radius 1 is 0.729 bits per heavy atom. The van der Waals surface area contributed by atoms with Crippen molar-refractivity contribution in [3.8, 4) is 17.6 Å². The molecule has 3 aromatic carbocycles. The maximum atomic E-state index is 13.4. The molecule has 48 heavy (non-hydrogen) atoms. The highest BCUT2D eigenvalue weighted by molar-refractivity contribution is 8.33. The third kappa shape index (κ3) is 3.68. The Bertz CT molecular complexity index is 2790. The average molecular weight is 701 g/mol. The van der Waals surface area contributed by atoms with Gasteiger partial charge in [0.05, 0.1) is 56.7 Å².